The Labute approximate surface area is 341 Å². The summed E-state index contributed by atoms with van der Waals surface area (Å²) in [6, 6.07) is 11.7. The van der Waals surface area contributed by atoms with Gasteiger partial charge in [0.05, 0.1) is 35.2 Å². The number of hydrogen-bond donors (Lipinski definition) is 3. The van der Waals surface area contributed by atoms with E-state index in [4.69, 9.17) is 19.8 Å². The van der Waals surface area contributed by atoms with Crippen molar-refractivity contribution in [1.82, 2.24) is 34.8 Å². The molecule has 2 atom stereocenters. The number of nitrogens with zero attached hydrogens (tertiary/aromatic N) is 8. The molecular weight excluding hydrogens is 755 g/mol. The van der Waals surface area contributed by atoms with E-state index in [-0.39, 0.29) is 34.1 Å². The second-order valence-electron chi connectivity index (χ2n) is 18.4. The van der Waals surface area contributed by atoms with Gasteiger partial charge < -0.3 is 25.2 Å². The summed E-state index contributed by atoms with van der Waals surface area (Å²) >= 11 is 1.57. The first-order valence-electron chi connectivity index (χ1n) is 20.2. The molecule has 14 nitrogen and oxygen atoms in total. The van der Waals surface area contributed by atoms with Crippen molar-refractivity contribution in [1.29, 1.82) is 0 Å². The molecule has 4 aromatic heterocycles. The standard InChI is InChI=1S/C43H51N9O5S/c1-26-28-9-8-14-51(37(28)49-48-36(26)47-39-45-31-10-6-7-11-32(31)58-39)33-13-12-29(35(46-33)38(55)56)30-17-44-52(27(30)2)25-42-20-40(3)19-41(4,21-42)23-43(22-40,24-42)57-16-15-50(5)18-34(53)54/h6-7,10-13,17H,8-9,14-16,18-25H2,1-5H3,(H,53,54)(H,55,56)(H,45,47,48). The van der Waals surface area contributed by atoms with E-state index in [9.17, 15) is 19.8 Å². The minimum Gasteiger partial charge on any atom is -0.480 e. The van der Waals surface area contributed by atoms with Gasteiger partial charge in [0.1, 0.15) is 5.82 Å². The number of ether oxygens (including phenoxy) is 1. The van der Waals surface area contributed by atoms with Crippen LogP contribution >= 0.6 is 11.3 Å². The molecule has 10 rings (SSSR count). The van der Waals surface area contributed by atoms with Crippen molar-refractivity contribution in [3.05, 3.63) is 65.1 Å². The number of fused-ring (bicyclic) bond motifs is 2. The predicted octanol–water partition coefficient (Wildman–Crippen LogP) is 7.64. The van der Waals surface area contributed by atoms with E-state index in [1.54, 1.807) is 22.4 Å². The van der Waals surface area contributed by atoms with Crippen LogP contribution in [0.1, 0.15) is 86.1 Å². The van der Waals surface area contributed by atoms with Crippen LogP contribution in [-0.4, -0.2) is 95.9 Å². The lowest BCUT2D eigenvalue weighted by Gasteiger charge is -2.69. The summed E-state index contributed by atoms with van der Waals surface area (Å²) in [6.45, 7) is 11.3. The molecule has 15 heteroatoms. The van der Waals surface area contributed by atoms with Crippen LogP contribution in [0.2, 0.25) is 0 Å². The molecule has 4 aliphatic carbocycles. The first-order valence-corrected chi connectivity index (χ1v) is 21.0. The number of aromatic nitrogens is 6. The third-order valence-corrected chi connectivity index (χ3v) is 14.0. The average Bonchev–Trinajstić information content (AvgIpc) is 3.72. The third-order valence-electron chi connectivity index (χ3n) is 13.1. The van der Waals surface area contributed by atoms with Gasteiger partial charge >= 0.3 is 11.9 Å². The lowest BCUT2D eigenvalue weighted by atomic mass is 9.39. The van der Waals surface area contributed by atoms with E-state index in [1.165, 1.54) is 6.42 Å². The molecule has 2 unspecified atom stereocenters. The lowest BCUT2D eigenvalue weighted by molar-refractivity contribution is -0.248. The highest BCUT2D eigenvalue weighted by atomic mass is 32.1. The van der Waals surface area contributed by atoms with E-state index < -0.39 is 11.9 Å². The normalized spacial score (nSPS) is 26.1. The number of carboxylic acid groups (broad SMARTS) is 2. The van der Waals surface area contributed by atoms with Gasteiger partial charge in [0, 0.05) is 47.6 Å². The SMILES string of the molecule is Cc1c(Nc2nc3ccccc3s2)nnc2c1CCCN2c1ccc(-c2cnn(CC34CC5(C)CC(C)(C3)CC(OCCN(C)CC(=O)O)(C5)C4)c2C)c(C(=O)O)n1. The molecule has 1 aliphatic heterocycles. The molecule has 5 aromatic rings. The zero-order valence-electron chi connectivity index (χ0n) is 33.8. The van der Waals surface area contributed by atoms with Crippen LogP contribution in [0, 0.1) is 30.1 Å². The second-order valence-corrected chi connectivity index (χ2v) is 19.4. The Bertz CT molecular complexity index is 2390. The average molecular weight is 806 g/mol. The molecule has 1 aromatic carbocycles. The van der Waals surface area contributed by atoms with Crippen LogP contribution in [-0.2, 0) is 22.5 Å². The van der Waals surface area contributed by atoms with Crippen LogP contribution < -0.4 is 10.2 Å². The Morgan fingerprint density at radius 1 is 0.966 bits per heavy atom. The topological polar surface area (TPSA) is 172 Å². The first kappa shape index (κ1) is 38.5. The van der Waals surface area contributed by atoms with Gasteiger partial charge in [-0.15, -0.1) is 10.2 Å². The predicted molar refractivity (Wildman–Crippen MR) is 222 cm³/mol. The van der Waals surface area contributed by atoms with Crippen molar-refractivity contribution >= 4 is 56.1 Å². The zero-order chi connectivity index (χ0) is 40.6. The summed E-state index contributed by atoms with van der Waals surface area (Å²) in [4.78, 5) is 37.4. The van der Waals surface area contributed by atoms with Crippen molar-refractivity contribution in [2.24, 2.45) is 16.2 Å². The molecule has 0 saturated heterocycles. The van der Waals surface area contributed by atoms with Gasteiger partial charge in [-0.1, -0.05) is 37.3 Å². The maximum atomic E-state index is 12.9. The number of hydrogen-bond acceptors (Lipinski definition) is 12. The summed E-state index contributed by atoms with van der Waals surface area (Å²) < 4.78 is 9.97. The van der Waals surface area contributed by atoms with Gasteiger partial charge in [0.25, 0.3) is 0 Å². The Balaban J connectivity index is 0.963. The maximum absolute atomic E-state index is 12.9. The molecule has 4 saturated carbocycles. The Hall–Kier alpha value is -4.99. The number of thiazole rings is 1. The van der Waals surface area contributed by atoms with Crippen LogP contribution in [0.15, 0.2) is 42.6 Å². The Kier molecular flexibility index (Phi) is 9.36. The number of nitrogens with one attached hydrogen (secondary N) is 1. The molecule has 304 valence electrons. The molecule has 5 heterocycles. The number of rotatable bonds is 13. The second kappa shape index (κ2) is 14.1. The van der Waals surface area contributed by atoms with Gasteiger partial charge in [0.2, 0.25) is 0 Å². The van der Waals surface area contributed by atoms with Gasteiger partial charge in [0.15, 0.2) is 22.5 Å². The fraction of sp³-hybridized carbons (Fsp3) is 0.512. The highest BCUT2D eigenvalue weighted by Gasteiger charge is 2.66. The highest BCUT2D eigenvalue weighted by Crippen LogP contribution is 2.72. The van der Waals surface area contributed by atoms with E-state index in [1.807, 2.05) is 62.2 Å². The molecule has 4 fully saturated rings. The van der Waals surface area contributed by atoms with Gasteiger partial charge in [-0.25, -0.2) is 14.8 Å². The Morgan fingerprint density at radius 3 is 2.48 bits per heavy atom. The molecule has 3 N–H and O–H groups in total. The number of aromatic carboxylic acids is 1. The summed E-state index contributed by atoms with van der Waals surface area (Å²) in [5, 5.41) is 38.1. The summed E-state index contributed by atoms with van der Waals surface area (Å²) in [5.74, 6) is -0.0843. The lowest BCUT2D eigenvalue weighted by Crippen LogP contribution is -2.64. The van der Waals surface area contributed by atoms with Crippen molar-refractivity contribution < 1.29 is 24.5 Å². The zero-order valence-corrected chi connectivity index (χ0v) is 34.7. The van der Waals surface area contributed by atoms with Crippen molar-refractivity contribution in [3.63, 3.8) is 0 Å². The van der Waals surface area contributed by atoms with Crippen LogP contribution in [0.4, 0.5) is 22.6 Å². The molecule has 5 aliphatic rings. The molecule has 58 heavy (non-hydrogen) atoms. The van der Waals surface area contributed by atoms with E-state index in [2.05, 4.69) is 34.0 Å². The van der Waals surface area contributed by atoms with Crippen LogP contribution in [0.3, 0.4) is 0 Å². The third kappa shape index (κ3) is 7.00. The van der Waals surface area contributed by atoms with Gasteiger partial charge in [-0.05, 0) is 113 Å². The van der Waals surface area contributed by atoms with E-state index in [0.29, 0.717) is 42.7 Å². The van der Waals surface area contributed by atoms with Crippen molar-refractivity contribution in [3.8, 4) is 11.1 Å². The summed E-state index contributed by atoms with van der Waals surface area (Å²) in [7, 11) is 1.82. The molecule has 0 amide bonds. The number of pyridine rings is 1. The van der Waals surface area contributed by atoms with E-state index in [0.717, 1.165) is 89.2 Å². The number of para-hydroxylation sites is 1. The number of anilines is 4. The van der Waals surface area contributed by atoms with Crippen molar-refractivity contribution in [2.75, 3.05) is 43.5 Å². The van der Waals surface area contributed by atoms with E-state index >= 15 is 0 Å². The maximum Gasteiger partial charge on any atom is 0.355 e. The number of aliphatic carboxylic acids is 1. The van der Waals surface area contributed by atoms with Crippen molar-refractivity contribution in [2.45, 2.75) is 91.2 Å². The highest BCUT2D eigenvalue weighted by molar-refractivity contribution is 7.22. The fourth-order valence-corrected chi connectivity index (χ4v) is 12.9. The van der Waals surface area contributed by atoms with Crippen LogP contribution in [0.25, 0.3) is 21.3 Å². The molecular formula is C43H51N9O5S. The minimum atomic E-state index is -1.10. The molecule has 0 spiro atoms. The monoisotopic (exact) mass is 805 g/mol. The molecule has 4 bridgehead atoms. The number of carbonyl (C=O) groups is 2. The minimum absolute atomic E-state index is 0.00911. The number of benzene rings is 1. The molecule has 0 radical (unpaired) electrons. The quantitative estimate of drug-likeness (QED) is 0.106. The van der Waals surface area contributed by atoms with Crippen LogP contribution in [0.5, 0.6) is 0 Å². The first-order chi connectivity index (χ1) is 27.6. The van der Waals surface area contributed by atoms with Gasteiger partial charge in [-0.2, -0.15) is 5.10 Å². The number of carboxylic acids is 2. The largest absolute Gasteiger partial charge is 0.480 e. The summed E-state index contributed by atoms with van der Waals surface area (Å²) in [6.07, 6.45) is 9.76. The van der Waals surface area contributed by atoms with Gasteiger partial charge in [-0.3, -0.25) is 14.4 Å². The smallest absolute Gasteiger partial charge is 0.355 e. The Morgan fingerprint density at radius 2 is 1.74 bits per heavy atom. The fourth-order valence-electron chi connectivity index (χ4n) is 12.0. The summed E-state index contributed by atoms with van der Waals surface area (Å²) in [5.41, 5.74) is 5.13. The number of likely N-dealkylation sites (N-methyl/N-ethyl adjacent to an activating group) is 1.